The van der Waals surface area contributed by atoms with Crippen molar-refractivity contribution in [3.8, 4) is 0 Å². The molecule has 1 aromatic carbocycles. The summed E-state index contributed by atoms with van der Waals surface area (Å²) in [4.78, 5) is 12.3. The van der Waals surface area contributed by atoms with Gasteiger partial charge in [0.25, 0.3) is 0 Å². The summed E-state index contributed by atoms with van der Waals surface area (Å²) in [5.74, 6) is 0.816. The van der Waals surface area contributed by atoms with Gasteiger partial charge in [0.15, 0.2) is 0 Å². The van der Waals surface area contributed by atoms with Crippen molar-refractivity contribution in [2.45, 2.75) is 65.5 Å². The molecule has 0 fully saturated rings. The second-order valence-electron chi connectivity index (χ2n) is 6.92. The van der Waals surface area contributed by atoms with Crippen molar-refractivity contribution in [1.82, 2.24) is 5.32 Å². The minimum Gasteiger partial charge on any atom is -0.396 e. The zero-order valence-electron chi connectivity index (χ0n) is 15.1. The largest absolute Gasteiger partial charge is 0.396 e. The van der Waals surface area contributed by atoms with Crippen LogP contribution < -0.4 is 10.6 Å². The molecule has 130 valence electrons. The molecule has 0 aromatic heterocycles. The Hall–Kier alpha value is -1.39. The van der Waals surface area contributed by atoms with Crippen LogP contribution in [-0.2, 0) is 4.79 Å². The molecule has 23 heavy (non-hydrogen) atoms. The number of hydrogen-bond acceptors (Lipinski definition) is 3. The van der Waals surface area contributed by atoms with E-state index in [2.05, 4.69) is 44.4 Å². The number of aliphatic hydroxyl groups excluding tert-OH is 1. The van der Waals surface area contributed by atoms with Crippen LogP contribution in [0.25, 0.3) is 0 Å². The van der Waals surface area contributed by atoms with Gasteiger partial charge in [0.2, 0.25) is 5.91 Å². The lowest BCUT2D eigenvalue weighted by molar-refractivity contribution is -0.116. The van der Waals surface area contributed by atoms with Crippen LogP contribution >= 0.6 is 0 Å². The van der Waals surface area contributed by atoms with E-state index in [1.165, 1.54) is 0 Å². The Kier molecular flexibility index (Phi) is 8.28. The zero-order valence-corrected chi connectivity index (χ0v) is 15.1. The van der Waals surface area contributed by atoms with Gasteiger partial charge in [-0.05, 0) is 36.8 Å². The zero-order chi connectivity index (χ0) is 17.4. The Morgan fingerprint density at radius 1 is 1.13 bits per heavy atom. The van der Waals surface area contributed by atoms with E-state index in [1.54, 1.807) is 0 Å². The Labute approximate surface area is 140 Å². The fourth-order valence-electron chi connectivity index (χ4n) is 2.77. The third-order valence-electron chi connectivity index (χ3n) is 4.09. The van der Waals surface area contributed by atoms with Crippen LogP contribution in [0, 0.1) is 5.92 Å². The van der Waals surface area contributed by atoms with Gasteiger partial charge in [0.05, 0.1) is 0 Å². The summed E-state index contributed by atoms with van der Waals surface area (Å²) >= 11 is 0. The standard InChI is InChI=1S/C19H32N2O2/c1-13(2)16-8-6-7-9-18(16)21-19(23)12-15(5)20-17(10-11-22)14(3)4/h6-9,13-15,17,20,22H,10-12H2,1-5H3,(H,21,23). The van der Waals surface area contributed by atoms with E-state index in [1.807, 2.05) is 25.1 Å². The van der Waals surface area contributed by atoms with Gasteiger partial charge in [0, 0.05) is 30.8 Å². The normalized spacial score (nSPS) is 14.1. The molecule has 3 N–H and O–H groups in total. The molecule has 0 aliphatic carbocycles. The van der Waals surface area contributed by atoms with Gasteiger partial charge >= 0.3 is 0 Å². The van der Waals surface area contributed by atoms with Crippen LogP contribution in [0.2, 0.25) is 0 Å². The summed E-state index contributed by atoms with van der Waals surface area (Å²) in [5, 5.41) is 15.6. The lowest BCUT2D eigenvalue weighted by Gasteiger charge is -2.26. The summed E-state index contributed by atoms with van der Waals surface area (Å²) in [5.41, 5.74) is 2.05. The van der Waals surface area contributed by atoms with Gasteiger partial charge in [-0.1, -0.05) is 45.9 Å². The number of carbonyl (C=O) groups is 1. The van der Waals surface area contributed by atoms with E-state index < -0.39 is 0 Å². The summed E-state index contributed by atoms with van der Waals surface area (Å²) < 4.78 is 0. The molecule has 2 unspecified atom stereocenters. The first kappa shape index (κ1) is 19.7. The maximum absolute atomic E-state index is 12.3. The number of amides is 1. The van der Waals surface area contributed by atoms with Crippen molar-refractivity contribution in [2.24, 2.45) is 5.92 Å². The highest BCUT2D eigenvalue weighted by Crippen LogP contribution is 2.23. The predicted molar refractivity (Wildman–Crippen MR) is 96.7 cm³/mol. The minimum atomic E-state index is 0.0182. The highest BCUT2D eigenvalue weighted by molar-refractivity contribution is 5.91. The smallest absolute Gasteiger partial charge is 0.225 e. The van der Waals surface area contributed by atoms with Crippen LogP contribution in [0.15, 0.2) is 24.3 Å². The van der Waals surface area contributed by atoms with Crippen molar-refractivity contribution in [3.63, 3.8) is 0 Å². The van der Waals surface area contributed by atoms with Crippen molar-refractivity contribution >= 4 is 11.6 Å². The lowest BCUT2D eigenvalue weighted by atomic mass is 9.99. The third-order valence-corrected chi connectivity index (χ3v) is 4.09. The summed E-state index contributed by atoms with van der Waals surface area (Å²) in [6.07, 6.45) is 1.13. The molecule has 4 heteroatoms. The number of benzene rings is 1. The summed E-state index contributed by atoms with van der Waals surface area (Å²) in [6, 6.07) is 8.24. The average Bonchev–Trinajstić information content (AvgIpc) is 2.46. The predicted octanol–water partition coefficient (Wildman–Crippen LogP) is 3.52. The first-order valence-corrected chi connectivity index (χ1v) is 8.60. The van der Waals surface area contributed by atoms with Crippen LogP contribution in [0.3, 0.4) is 0 Å². The van der Waals surface area contributed by atoms with Gasteiger partial charge in [-0.15, -0.1) is 0 Å². The number of hydrogen-bond donors (Lipinski definition) is 3. The maximum Gasteiger partial charge on any atom is 0.225 e. The highest BCUT2D eigenvalue weighted by Gasteiger charge is 2.18. The average molecular weight is 320 g/mol. The first-order chi connectivity index (χ1) is 10.8. The van der Waals surface area contributed by atoms with Crippen molar-refractivity contribution in [2.75, 3.05) is 11.9 Å². The molecule has 0 saturated carbocycles. The molecule has 0 bridgehead atoms. The number of rotatable bonds is 9. The molecule has 1 aromatic rings. The van der Waals surface area contributed by atoms with Crippen LogP contribution in [0.5, 0.6) is 0 Å². The van der Waals surface area contributed by atoms with E-state index >= 15 is 0 Å². The monoisotopic (exact) mass is 320 g/mol. The number of aliphatic hydroxyl groups is 1. The number of carbonyl (C=O) groups excluding carboxylic acids is 1. The van der Waals surface area contributed by atoms with Gasteiger partial charge < -0.3 is 15.7 Å². The minimum absolute atomic E-state index is 0.0182. The molecular formula is C19H32N2O2. The summed E-state index contributed by atoms with van der Waals surface area (Å²) in [7, 11) is 0. The maximum atomic E-state index is 12.3. The second-order valence-corrected chi connectivity index (χ2v) is 6.92. The lowest BCUT2D eigenvalue weighted by Crippen LogP contribution is -2.42. The molecule has 4 nitrogen and oxygen atoms in total. The Balaban J connectivity index is 2.59. The van der Waals surface area contributed by atoms with Gasteiger partial charge in [-0.3, -0.25) is 4.79 Å². The van der Waals surface area contributed by atoms with E-state index in [0.29, 0.717) is 24.7 Å². The molecule has 1 amide bonds. The summed E-state index contributed by atoms with van der Waals surface area (Å²) in [6.45, 7) is 10.7. The molecule has 0 spiro atoms. The molecule has 0 heterocycles. The third kappa shape index (κ3) is 6.71. The molecule has 0 aliphatic heterocycles. The molecular weight excluding hydrogens is 288 g/mol. The quantitative estimate of drug-likeness (QED) is 0.652. The Morgan fingerprint density at radius 3 is 2.35 bits per heavy atom. The van der Waals surface area contributed by atoms with Gasteiger partial charge in [0.1, 0.15) is 0 Å². The molecule has 1 rings (SSSR count). The van der Waals surface area contributed by atoms with E-state index in [9.17, 15) is 4.79 Å². The molecule has 2 atom stereocenters. The Morgan fingerprint density at radius 2 is 1.78 bits per heavy atom. The molecule has 0 radical (unpaired) electrons. The van der Waals surface area contributed by atoms with Gasteiger partial charge in [-0.2, -0.15) is 0 Å². The SMILES string of the molecule is CC(CC(=O)Nc1ccccc1C(C)C)NC(CCO)C(C)C. The molecule has 0 saturated heterocycles. The molecule has 0 aliphatic rings. The van der Waals surface area contributed by atoms with Crippen LogP contribution in [0.1, 0.15) is 58.9 Å². The van der Waals surface area contributed by atoms with Crippen LogP contribution in [-0.4, -0.2) is 29.7 Å². The van der Waals surface area contributed by atoms with Crippen molar-refractivity contribution in [3.05, 3.63) is 29.8 Å². The van der Waals surface area contributed by atoms with E-state index in [4.69, 9.17) is 5.11 Å². The first-order valence-electron chi connectivity index (χ1n) is 8.60. The van der Waals surface area contributed by atoms with Crippen molar-refractivity contribution < 1.29 is 9.90 Å². The van der Waals surface area contributed by atoms with Gasteiger partial charge in [-0.25, -0.2) is 0 Å². The van der Waals surface area contributed by atoms with E-state index in [0.717, 1.165) is 11.3 Å². The Bertz CT molecular complexity index is 486. The number of para-hydroxylation sites is 1. The van der Waals surface area contributed by atoms with Crippen molar-refractivity contribution in [1.29, 1.82) is 0 Å². The second kappa shape index (κ2) is 9.68. The topological polar surface area (TPSA) is 61.4 Å². The van der Waals surface area contributed by atoms with E-state index in [-0.39, 0.29) is 24.6 Å². The fraction of sp³-hybridized carbons (Fsp3) is 0.632. The fourth-order valence-corrected chi connectivity index (χ4v) is 2.77. The van der Waals surface area contributed by atoms with Crippen LogP contribution in [0.4, 0.5) is 5.69 Å². The number of nitrogens with one attached hydrogen (secondary N) is 2. The number of anilines is 1. The highest BCUT2D eigenvalue weighted by atomic mass is 16.3.